The van der Waals surface area contributed by atoms with Crippen molar-refractivity contribution < 1.29 is 14.3 Å². The van der Waals surface area contributed by atoms with Gasteiger partial charge in [-0.15, -0.1) is 0 Å². The highest BCUT2D eigenvalue weighted by Gasteiger charge is 2.15. The summed E-state index contributed by atoms with van der Waals surface area (Å²) >= 11 is 0. The zero-order chi connectivity index (χ0) is 22.7. The number of nitrogens with one attached hydrogen (secondary N) is 1. The van der Waals surface area contributed by atoms with Crippen molar-refractivity contribution in [2.24, 2.45) is 15.9 Å². The lowest BCUT2D eigenvalue weighted by Crippen LogP contribution is -2.32. The van der Waals surface area contributed by atoms with Crippen LogP contribution in [0.5, 0.6) is 0 Å². The molecule has 0 spiro atoms. The first kappa shape index (κ1) is 24.4. The Bertz CT molecular complexity index is 854. The topological polar surface area (TPSA) is 98.3 Å². The summed E-state index contributed by atoms with van der Waals surface area (Å²) in [5.74, 6) is 11.7. The minimum Gasteiger partial charge on any atom is -0.444 e. The van der Waals surface area contributed by atoms with Gasteiger partial charge in [0.25, 0.3) is 0 Å². The Hall–Kier alpha value is -2.85. The third-order valence-electron chi connectivity index (χ3n) is 4.65. The van der Waals surface area contributed by atoms with Gasteiger partial charge < -0.3 is 20.6 Å². The predicted molar refractivity (Wildman–Crippen MR) is 125 cm³/mol. The van der Waals surface area contributed by atoms with Crippen LogP contribution in [0, 0.1) is 11.8 Å². The van der Waals surface area contributed by atoms with E-state index in [1.165, 1.54) is 6.42 Å². The highest BCUT2D eigenvalue weighted by molar-refractivity contribution is 6.38. The van der Waals surface area contributed by atoms with Crippen LogP contribution in [0.15, 0.2) is 28.3 Å². The van der Waals surface area contributed by atoms with Crippen molar-refractivity contribution in [2.75, 3.05) is 19.7 Å². The van der Waals surface area contributed by atoms with Gasteiger partial charge in [-0.3, -0.25) is 4.99 Å². The first-order chi connectivity index (χ1) is 14.8. The van der Waals surface area contributed by atoms with Crippen molar-refractivity contribution >= 4 is 18.0 Å². The van der Waals surface area contributed by atoms with E-state index in [0.29, 0.717) is 12.3 Å². The Morgan fingerprint density at radius 2 is 2.19 bits per heavy atom. The van der Waals surface area contributed by atoms with Gasteiger partial charge in [-0.05, 0) is 64.2 Å². The van der Waals surface area contributed by atoms with Gasteiger partial charge in [-0.25, -0.2) is 4.79 Å². The SMILES string of the molecule is CCc1cc(C#CCNC(=O)OC(C)(C)C)ccc1/C(C=NCC1CCCCO1)=N/N. The van der Waals surface area contributed by atoms with E-state index < -0.39 is 11.7 Å². The fourth-order valence-corrected chi connectivity index (χ4v) is 3.17. The van der Waals surface area contributed by atoms with Gasteiger partial charge in [0, 0.05) is 23.9 Å². The third-order valence-corrected chi connectivity index (χ3v) is 4.65. The van der Waals surface area contributed by atoms with Gasteiger partial charge in [-0.1, -0.05) is 24.8 Å². The lowest BCUT2D eigenvalue weighted by atomic mass is 9.98. The maximum atomic E-state index is 11.7. The molecule has 1 atom stereocenters. The lowest BCUT2D eigenvalue weighted by molar-refractivity contribution is 0.0226. The number of carbonyl (C=O) groups is 1. The molecule has 0 aliphatic carbocycles. The van der Waals surface area contributed by atoms with Crippen molar-refractivity contribution in [3.63, 3.8) is 0 Å². The van der Waals surface area contributed by atoms with Crippen molar-refractivity contribution in [3.8, 4) is 11.8 Å². The molecule has 1 heterocycles. The summed E-state index contributed by atoms with van der Waals surface area (Å²) < 4.78 is 10.9. The van der Waals surface area contributed by atoms with E-state index in [1.807, 2.05) is 39.0 Å². The molecule has 1 aromatic rings. The molecular formula is C24H34N4O3. The number of nitrogens with zero attached hydrogens (tertiary/aromatic N) is 2. The quantitative estimate of drug-likeness (QED) is 0.315. The van der Waals surface area contributed by atoms with Crippen LogP contribution >= 0.6 is 0 Å². The summed E-state index contributed by atoms with van der Waals surface area (Å²) in [6.45, 7) is 9.17. The fourth-order valence-electron chi connectivity index (χ4n) is 3.17. The van der Waals surface area contributed by atoms with Crippen LogP contribution in [-0.2, 0) is 15.9 Å². The first-order valence-corrected chi connectivity index (χ1v) is 10.8. The van der Waals surface area contributed by atoms with E-state index in [4.69, 9.17) is 15.3 Å². The van der Waals surface area contributed by atoms with E-state index >= 15 is 0 Å². The number of ether oxygens (including phenoxy) is 2. The van der Waals surface area contributed by atoms with Gasteiger partial charge in [0.1, 0.15) is 11.3 Å². The maximum Gasteiger partial charge on any atom is 0.408 e. The van der Waals surface area contributed by atoms with Crippen LogP contribution in [-0.4, -0.2) is 49.4 Å². The van der Waals surface area contributed by atoms with Gasteiger partial charge in [0.15, 0.2) is 0 Å². The Labute approximate surface area is 185 Å². The molecule has 2 rings (SSSR count). The second kappa shape index (κ2) is 12.1. The van der Waals surface area contributed by atoms with Crippen LogP contribution in [0.4, 0.5) is 4.79 Å². The molecule has 0 radical (unpaired) electrons. The van der Waals surface area contributed by atoms with Crippen LogP contribution < -0.4 is 11.2 Å². The van der Waals surface area contributed by atoms with Crippen molar-refractivity contribution in [1.82, 2.24) is 5.32 Å². The Morgan fingerprint density at radius 1 is 1.39 bits per heavy atom. The number of benzene rings is 1. The van der Waals surface area contributed by atoms with Crippen LogP contribution in [0.25, 0.3) is 0 Å². The summed E-state index contributed by atoms with van der Waals surface area (Å²) in [5, 5.41) is 6.56. The summed E-state index contributed by atoms with van der Waals surface area (Å²) in [4.78, 5) is 16.2. The van der Waals surface area contributed by atoms with E-state index in [-0.39, 0.29) is 12.6 Å². The summed E-state index contributed by atoms with van der Waals surface area (Å²) in [6, 6.07) is 5.89. The Balaban J connectivity index is 1.99. The number of alkyl carbamates (subject to hydrolysis) is 1. The fraction of sp³-hybridized carbons (Fsp3) is 0.542. The number of carbonyl (C=O) groups excluding carboxylic acids is 1. The standard InChI is InChI=1S/C24H34N4O3/c1-5-19-15-18(9-8-13-27-23(29)31-24(2,3)4)11-12-21(19)22(28-25)17-26-16-20-10-6-7-14-30-20/h11-12,15,17,20H,5-7,10,13-14,16,25H2,1-4H3,(H,27,29)/b26-17?,28-22+. The number of aliphatic imine (C=N–C) groups is 1. The average Bonchev–Trinajstić information content (AvgIpc) is 2.74. The summed E-state index contributed by atoms with van der Waals surface area (Å²) in [7, 11) is 0. The molecule has 168 valence electrons. The zero-order valence-electron chi connectivity index (χ0n) is 19.0. The molecule has 31 heavy (non-hydrogen) atoms. The van der Waals surface area contributed by atoms with E-state index in [1.54, 1.807) is 6.21 Å². The molecule has 7 heteroatoms. The monoisotopic (exact) mass is 426 g/mol. The van der Waals surface area contributed by atoms with Crippen LogP contribution in [0.1, 0.15) is 63.6 Å². The van der Waals surface area contributed by atoms with Crippen molar-refractivity contribution in [2.45, 2.75) is 65.1 Å². The van der Waals surface area contributed by atoms with Crippen LogP contribution in [0.3, 0.4) is 0 Å². The number of rotatable bonds is 6. The smallest absolute Gasteiger partial charge is 0.408 e. The van der Waals surface area contributed by atoms with E-state index in [0.717, 1.165) is 42.6 Å². The normalized spacial score (nSPS) is 17.2. The van der Waals surface area contributed by atoms with Gasteiger partial charge in [0.05, 0.1) is 19.2 Å². The number of aryl methyl sites for hydroxylation is 1. The number of hydrogen-bond acceptors (Lipinski definition) is 6. The van der Waals surface area contributed by atoms with Gasteiger partial charge in [0.2, 0.25) is 0 Å². The molecule has 0 saturated carbocycles. The number of hydrazone groups is 1. The highest BCUT2D eigenvalue weighted by atomic mass is 16.6. The molecule has 0 bridgehead atoms. The highest BCUT2D eigenvalue weighted by Crippen LogP contribution is 2.15. The van der Waals surface area contributed by atoms with Gasteiger partial charge in [-0.2, -0.15) is 5.10 Å². The molecule has 7 nitrogen and oxygen atoms in total. The molecule has 1 amide bonds. The molecule has 0 aromatic heterocycles. The maximum absolute atomic E-state index is 11.7. The Kier molecular flexibility index (Phi) is 9.54. The number of nitrogens with two attached hydrogens (primary N) is 1. The molecule has 1 aliphatic rings. The second-order valence-corrected chi connectivity index (χ2v) is 8.38. The van der Waals surface area contributed by atoms with E-state index in [9.17, 15) is 4.79 Å². The van der Waals surface area contributed by atoms with E-state index in [2.05, 4.69) is 34.2 Å². The predicted octanol–water partition coefficient (Wildman–Crippen LogP) is 3.43. The summed E-state index contributed by atoms with van der Waals surface area (Å²) in [6.07, 6.45) is 5.59. The minimum atomic E-state index is -0.529. The third kappa shape index (κ3) is 8.81. The molecule has 3 N–H and O–H groups in total. The molecular weight excluding hydrogens is 392 g/mol. The largest absolute Gasteiger partial charge is 0.444 e. The molecule has 1 aromatic carbocycles. The molecule has 1 aliphatic heterocycles. The van der Waals surface area contributed by atoms with Gasteiger partial charge >= 0.3 is 6.09 Å². The van der Waals surface area contributed by atoms with Crippen LogP contribution in [0.2, 0.25) is 0 Å². The molecule has 1 unspecified atom stereocenters. The van der Waals surface area contributed by atoms with Crippen molar-refractivity contribution in [1.29, 1.82) is 0 Å². The molecule has 1 fully saturated rings. The molecule has 1 saturated heterocycles. The van der Waals surface area contributed by atoms with Crippen molar-refractivity contribution in [3.05, 3.63) is 34.9 Å². The zero-order valence-corrected chi connectivity index (χ0v) is 19.0. The average molecular weight is 427 g/mol. The minimum absolute atomic E-state index is 0.182. The summed E-state index contributed by atoms with van der Waals surface area (Å²) in [5.41, 5.74) is 2.99. The Morgan fingerprint density at radius 3 is 2.84 bits per heavy atom. The first-order valence-electron chi connectivity index (χ1n) is 10.8. The second-order valence-electron chi connectivity index (χ2n) is 8.38. The number of hydrogen-bond donors (Lipinski definition) is 2. The lowest BCUT2D eigenvalue weighted by Gasteiger charge is -2.20. The number of amides is 1.